The molecule has 0 aliphatic carbocycles. The number of hydrogen-bond acceptors (Lipinski definition) is 5. The molecular formula is C15H16N4OS. The van der Waals surface area contributed by atoms with Crippen molar-refractivity contribution in [1.82, 2.24) is 14.8 Å². The molecule has 2 heterocycles. The van der Waals surface area contributed by atoms with Crippen LogP contribution < -0.4 is 0 Å². The van der Waals surface area contributed by atoms with Gasteiger partial charge in [-0.3, -0.25) is 4.79 Å². The topological polar surface area (TPSA) is 71.6 Å². The van der Waals surface area contributed by atoms with E-state index in [1.807, 2.05) is 39.8 Å². The third kappa shape index (κ3) is 3.31. The van der Waals surface area contributed by atoms with Crippen molar-refractivity contribution < 1.29 is 4.79 Å². The van der Waals surface area contributed by atoms with Crippen LogP contribution in [0.25, 0.3) is 0 Å². The highest BCUT2D eigenvalue weighted by Gasteiger charge is 2.14. The first kappa shape index (κ1) is 15.3. The van der Waals surface area contributed by atoms with Crippen molar-refractivity contribution in [2.24, 2.45) is 0 Å². The van der Waals surface area contributed by atoms with Gasteiger partial charge >= 0.3 is 0 Å². The van der Waals surface area contributed by atoms with Gasteiger partial charge in [0.05, 0.1) is 17.0 Å². The molecule has 2 aromatic rings. The van der Waals surface area contributed by atoms with Crippen LogP contribution in [-0.4, -0.2) is 26.4 Å². The van der Waals surface area contributed by atoms with E-state index < -0.39 is 0 Å². The van der Waals surface area contributed by atoms with Crippen LogP contribution >= 0.6 is 11.8 Å². The molecule has 0 saturated heterocycles. The van der Waals surface area contributed by atoms with Crippen LogP contribution in [0.2, 0.25) is 0 Å². The minimum Gasteiger partial charge on any atom is -0.272 e. The molecule has 0 bridgehead atoms. The molecule has 0 radical (unpaired) electrons. The van der Waals surface area contributed by atoms with Crippen LogP contribution in [0.15, 0.2) is 17.2 Å². The summed E-state index contributed by atoms with van der Waals surface area (Å²) in [6.45, 7) is 7.45. The van der Waals surface area contributed by atoms with Crippen molar-refractivity contribution in [1.29, 1.82) is 5.26 Å². The number of thioether (sulfide) groups is 1. The van der Waals surface area contributed by atoms with Crippen LogP contribution in [0.4, 0.5) is 0 Å². The van der Waals surface area contributed by atoms with Crippen molar-refractivity contribution >= 4 is 17.7 Å². The summed E-state index contributed by atoms with van der Waals surface area (Å²) >= 11 is 1.28. The van der Waals surface area contributed by atoms with Gasteiger partial charge in [0.15, 0.2) is 0 Å². The highest BCUT2D eigenvalue weighted by atomic mass is 32.2. The van der Waals surface area contributed by atoms with Crippen molar-refractivity contribution in [3.8, 4) is 6.07 Å². The molecule has 6 heteroatoms. The predicted octanol–water partition coefficient (Wildman–Crippen LogP) is 2.82. The average Bonchev–Trinajstić information content (AvgIpc) is 2.74. The number of carbonyl (C=O) groups is 1. The monoisotopic (exact) mass is 300 g/mol. The van der Waals surface area contributed by atoms with Gasteiger partial charge in [0.2, 0.25) is 0 Å². The maximum absolute atomic E-state index is 12.2. The van der Waals surface area contributed by atoms with Crippen molar-refractivity contribution in [2.75, 3.05) is 5.75 Å². The van der Waals surface area contributed by atoms with Gasteiger partial charge in [-0.2, -0.15) is 10.4 Å². The molecule has 0 unspecified atom stereocenters. The van der Waals surface area contributed by atoms with Gasteiger partial charge in [0.25, 0.3) is 5.91 Å². The zero-order valence-corrected chi connectivity index (χ0v) is 13.3. The first-order valence-corrected chi connectivity index (χ1v) is 7.48. The number of rotatable bonds is 3. The maximum atomic E-state index is 12.2. The third-order valence-corrected chi connectivity index (χ3v) is 3.96. The molecule has 0 aromatic carbocycles. The molecule has 0 saturated carbocycles. The zero-order chi connectivity index (χ0) is 15.6. The Hall–Kier alpha value is -2.13. The van der Waals surface area contributed by atoms with Gasteiger partial charge in [0, 0.05) is 11.4 Å². The Labute approximate surface area is 128 Å². The van der Waals surface area contributed by atoms with Gasteiger partial charge in [-0.1, -0.05) is 11.8 Å². The molecular weight excluding hydrogens is 284 g/mol. The van der Waals surface area contributed by atoms with Gasteiger partial charge in [-0.25, -0.2) is 9.67 Å². The maximum Gasteiger partial charge on any atom is 0.257 e. The highest BCUT2D eigenvalue weighted by molar-refractivity contribution is 8.00. The average molecular weight is 300 g/mol. The Morgan fingerprint density at radius 2 is 2.00 bits per heavy atom. The third-order valence-electron chi connectivity index (χ3n) is 3.00. The molecule has 108 valence electrons. The van der Waals surface area contributed by atoms with Gasteiger partial charge in [0.1, 0.15) is 11.1 Å². The smallest absolute Gasteiger partial charge is 0.257 e. The number of aryl methyl sites for hydroxylation is 4. The molecule has 2 rings (SSSR count). The van der Waals surface area contributed by atoms with E-state index in [4.69, 9.17) is 0 Å². The minimum atomic E-state index is -0.115. The van der Waals surface area contributed by atoms with Crippen molar-refractivity contribution in [2.45, 2.75) is 32.7 Å². The summed E-state index contributed by atoms with van der Waals surface area (Å²) in [5, 5.41) is 14.0. The lowest BCUT2D eigenvalue weighted by Crippen LogP contribution is -2.16. The number of pyridine rings is 1. The second-order valence-corrected chi connectivity index (χ2v) is 5.86. The number of nitrogens with zero attached hydrogens (tertiary/aromatic N) is 4. The van der Waals surface area contributed by atoms with E-state index in [0.717, 1.165) is 22.6 Å². The summed E-state index contributed by atoms with van der Waals surface area (Å²) in [4.78, 5) is 16.5. The summed E-state index contributed by atoms with van der Waals surface area (Å²) < 4.78 is 1.40. The summed E-state index contributed by atoms with van der Waals surface area (Å²) in [6, 6.07) is 5.88. The first-order chi connectivity index (χ1) is 9.92. The molecule has 0 amide bonds. The Balaban J connectivity index is 2.19. The van der Waals surface area contributed by atoms with E-state index >= 15 is 0 Å². The van der Waals surface area contributed by atoms with Crippen LogP contribution in [0.3, 0.4) is 0 Å². The number of aromatic nitrogens is 3. The zero-order valence-electron chi connectivity index (χ0n) is 12.5. The lowest BCUT2D eigenvalue weighted by atomic mass is 10.1. The van der Waals surface area contributed by atoms with Gasteiger partial charge in [-0.05, 0) is 45.4 Å². The van der Waals surface area contributed by atoms with E-state index in [0.29, 0.717) is 10.6 Å². The fourth-order valence-corrected chi connectivity index (χ4v) is 3.06. The minimum absolute atomic E-state index is 0.115. The van der Waals surface area contributed by atoms with Crippen molar-refractivity contribution in [3.05, 3.63) is 40.3 Å². The summed E-state index contributed by atoms with van der Waals surface area (Å²) in [5.41, 5.74) is 3.88. The molecule has 0 fully saturated rings. The second-order valence-electron chi connectivity index (χ2n) is 4.89. The van der Waals surface area contributed by atoms with E-state index in [1.54, 1.807) is 0 Å². The normalized spacial score (nSPS) is 10.4. The van der Waals surface area contributed by atoms with E-state index in [1.165, 1.54) is 16.4 Å². The van der Waals surface area contributed by atoms with E-state index in [-0.39, 0.29) is 11.7 Å². The van der Waals surface area contributed by atoms with Crippen molar-refractivity contribution in [3.63, 3.8) is 0 Å². The molecule has 0 spiro atoms. The van der Waals surface area contributed by atoms with Gasteiger partial charge in [-0.15, -0.1) is 0 Å². The Bertz CT molecular complexity index is 743. The molecule has 5 nitrogen and oxygen atoms in total. The van der Waals surface area contributed by atoms with Crippen LogP contribution in [-0.2, 0) is 0 Å². The van der Waals surface area contributed by atoms with Crippen LogP contribution in [0, 0.1) is 39.0 Å². The molecule has 2 aromatic heterocycles. The molecule has 21 heavy (non-hydrogen) atoms. The van der Waals surface area contributed by atoms with E-state index in [2.05, 4.69) is 16.2 Å². The van der Waals surface area contributed by atoms with E-state index in [9.17, 15) is 10.1 Å². The number of carbonyl (C=O) groups excluding carboxylic acids is 1. The molecule has 0 N–H and O–H groups in total. The highest BCUT2D eigenvalue weighted by Crippen LogP contribution is 2.23. The molecule has 0 aliphatic heterocycles. The van der Waals surface area contributed by atoms with Crippen LogP contribution in [0.5, 0.6) is 0 Å². The Kier molecular flexibility index (Phi) is 4.43. The Morgan fingerprint density at radius 3 is 2.57 bits per heavy atom. The van der Waals surface area contributed by atoms with Crippen LogP contribution in [0.1, 0.15) is 33.0 Å². The molecule has 0 atom stereocenters. The fourth-order valence-electron chi connectivity index (χ4n) is 2.12. The summed E-state index contributed by atoms with van der Waals surface area (Å²) in [6.07, 6.45) is 0. The summed E-state index contributed by atoms with van der Waals surface area (Å²) in [7, 11) is 0. The van der Waals surface area contributed by atoms with Gasteiger partial charge < -0.3 is 0 Å². The largest absolute Gasteiger partial charge is 0.272 e. The SMILES string of the molecule is Cc1cc(C)c(C#N)c(SCC(=O)n2nc(C)cc2C)n1. The molecule has 0 aliphatic rings. The summed E-state index contributed by atoms with van der Waals surface area (Å²) in [5.74, 6) is 0.0856. The Morgan fingerprint density at radius 1 is 1.29 bits per heavy atom. The fraction of sp³-hybridized carbons (Fsp3) is 0.333. The predicted molar refractivity (Wildman–Crippen MR) is 81.5 cm³/mol. The quantitative estimate of drug-likeness (QED) is 0.815. The standard InChI is InChI=1S/C15H16N4OS/c1-9-5-10(2)17-15(13(9)7-16)21-8-14(20)19-12(4)6-11(3)18-19/h5-6H,8H2,1-4H3. The number of nitriles is 1. The lowest BCUT2D eigenvalue weighted by molar-refractivity contribution is 0.0924. The number of hydrogen-bond donors (Lipinski definition) is 0. The first-order valence-electron chi connectivity index (χ1n) is 6.50. The lowest BCUT2D eigenvalue weighted by Gasteiger charge is -2.07. The second kappa shape index (κ2) is 6.10.